The van der Waals surface area contributed by atoms with Gasteiger partial charge in [0.25, 0.3) is 0 Å². The van der Waals surface area contributed by atoms with Crippen LogP contribution in [0.4, 0.5) is 0 Å². The van der Waals surface area contributed by atoms with Crippen LogP contribution in [-0.2, 0) is 0 Å². The molecule has 0 spiro atoms. The highest BCUT2D eigenvalue weighted by Crippen LogP contribution is 2.38. The summed E-state index contributed by atoms with van der Waals surface area (Å²) < 4.78 is 6.97. The molecule has 11 rings (SSSR count). The zero-order valence-corrected chi connectivity index (χ0v) is 28.6. The summed E-state index contributed by atoms with van der Waals surface area (Å²) in [6.07, 6.45) is 0. The number of nitrogens with zero attached hydrogens (tertiary/aromatic N) is 5. The number of hydrogen-bond acceptors (Lipinski definition) is 2. The maximum Gasteiger partial charge on any atom is 0.146 e. The van der Waals surface area contributed by atoms with Crippen LogP contribution >= 0.6 is 0 Å². The third-order valence-electron chi connectivity index (χ3n) is 10.4. The van der Waals surface area contributed by atoms with Gasteiger partial charge in [-0.15, -0.1) is 0 Å². The second-order valence-electron chi connectivity index (χ2n) is 13.5. The Labute approximate surface area is 305 Å². The summed E-state index contributed by atoms with van der Waals surface area (Å²) in [6, 6.07) is 66.6. The van der Waals surface area contributed by atoms with E-state index in [-0.39, 0.29) is 0 Å². The molecule has 0 bridgehead atoms. The van der Waals surface area contributed by atoms with Gasteiger partial charge < -0.3 is 9.13 Å². The lowest BCUT2D eigenvalue weighted by Gasteiger charge is -2.16. The molecule has 0 radical (unpaired) electrons. The van der Waals surface area contributed by atoms with Crippen molar-refractivity contribution in [2.75, 3.05) is 0 Å². The van der Waals surface area contributed by atoms with E-state index in [1.54, 1.807) is 0 Å². The predicted octanol–water partition coefficient (Wildman–Crippen LogP) is 11.9. The van der Waals surface area contributed by atoms with Crippen LogP contribution in [0, 0.1) is 0 Å². The zero-order valence-electron chi connectivity index (χ0n) is 28.6. The number of benzene rings is 7. The van der Waals surface area contributed by atoms with Crippen LogP contribution < -0.4 is 0 Å². The Hall–Kier alpha value is -7.24. The van der Waals surface area contributed by atoms with Crippen molar-refractivity contribution >= 4 is 54.6 Å². The summed E-state index contributed by atoms with van der Waals surface area (Å²) >= 11 is 0. The normalized spacial score (nSPS) is 11.8. The lowest BCUT2D eigenvalue weighted by atomic mass is 10.1. The molecule has 0 amide bonds. The largest absolute Gasteiger partial charge is 0.309 e. The molecule has 11 aromatic rings. The van der Waals surface area contributed by atoms with Gasteiger partial charge in [-0.3, -0.25) is 4.57 Å². The standard InChI is InChI=1S/C48H31N5/c1-2-15-32(16-3-1)48-50-41-21-8-13-27-46(41)53(48)47-28-14-22-40(49-47)33-29-34(51-42-23-9-4-17-36(42)37-18-5-10-24-43(37)51)31-35(30-33)52-44-25-11-6-19-38(44)39-20-7-12-26-45(39)52/h1-31H. The number of rotatable bonds is 5. The number of para-hydroxylation sites is 6. The van der Waals surface area contributed by atoms with Gasteiger partial charge in [0.15, 0.2) is 0 Å². The van der Waals surface area contributed by atoms with Gasteiger partial charge in [-0.05, 0) is 66.7 Å². The fraction of sp³-hybridized carbons (Fsp3) is 0. The van der Waals surface area contributed by atoms with E-state index in [0.717, 1.165) is 72.9 Å². The highest BCUT2D eigenvalue weighted by Gasteiger charge is 2.19. The Bertz CT molecular complexity index is 2940. The molecule has 5 heteroatoms. The average molecular weight is 678 g/mol. The minimum absolute atomic E-state index is 0.815. The van der Waals surface area contributed by atoms with Crippen LogP contribution in [0.5, 0.6) is 0 Å². The predicted molar refractivity (Wildman–Crippen MR) is 218 cm³/mol. The van der Waals surface area contributed by atoms with E-state index in [2.05, 4.69) is 190 Å². The number of aromatic nitrogens is 5. The van der Waals surface area contributed by atoms with Gasteiger partial charge in [-0.25, -0.2) is 9.97 Å². The second kappa shape index (κ2) is 11.7. The summed E-state index contributed by atoms with van der Waals surface area (Å²) in [6.45, 7) is 0. The van der Waals surface area contributed by atoms with Crippen molar-refractivity contribution in [3.63, 3.8) is 0 Å². The third kappa shape index (κ3) is 4.57. The first-order valence-corrected chi connectivity index (χ1v) is 17.9. The van der Waals surface area contributed by atoms with Gasteiger partial charge in [0.2, 0.25) is 0 Å². The molecular formula is C48H31N5. The molecule has 0 atom stereocenters. The van der Waals surface area contributed by atoms with Gasteiger partial charge in [-0.1, -0.05) is 121 Å². The molecule has 0 aliphatic carbocycles. The molecule has 0 saturated carbocycles. The van der Waals surface area contributed by atoms with Crippen LogP contribution in [0.3, 0.4) is 0 Å². The molecule has 0 N–H and O–H groups in total. The minimum Gasteiger partial charge on any atom is -0.309 e. The van der Waals surface area contributed by atoms with Crippen LogP contribution in [0.1, 0.15) is 0 Å². The van der Waals surface area contributed by atoms with Crippen molar-refractivity contribution in [1.82, 2.24) is 23.7 Å². The van der Waals surface area contributed by atoms with Crippen molar-refractivity contribution in [3.8, 4) is 39.8 Å². The quantitative estimate of drug-likeness (QED) is 0.182. The molecule has 7 aromatic carbocycles. The van der Waals surface area contributed by atoms with E-state index in [1.165, 1.54) is 21.5 Å². The highest BCUT2D eigenvalue weighted by atomic mass is 15.1. The first-order chi connectivity index (χ1) is 26.3. The molecule has 0 aliphatic rings. The molecule has 0 saturated heterocycles. The van der Waals surface area contributed by atoms with Crippen molar-refractivity contribution in [2.24, 2.45) is 0 Å². The van der Waals surface area contributed by atoms with Crippen molar-refractivity contribution < 1.29 is 0 Å². The minimum atomic E-state index is 0.815. The summed E-state index contributed by atoms with van der Waals surface area (Å²) in [7, 11) is 0. The summed E-state index contributed by atoms with van der Waals surface area (Å²) in [5.74, 6) is 1.68. The first kappa shape index (κ1) is 29.5. The van der Waals surface area contributed by atoms with Crippen LogP contribution in [0.25, 0.3) is 94.5 Å². The van der Waals surface area contributed by atoms with Crippen molar-refractivity contribution in [3.05, 3.63) is 188 Å². The fourth-order valence-corrected chi connectivity index (χ4v) is 8.15. The van der Waals surface area contributed by atoms with E-state index >= 15 is 0 Å². The van der Waals surface area contributed by atoms with Crippen LogP contribution in [-0.4, -0.2) is 23.7 Å². The number of fused-ring (bicyclic) bond motifs is 7. The molecule has 5 nitrogen and oxygen atoms in total. The third-order valence-corrected chi connectivity index (χ3v) is 10.4. The molecule has 4 heterocycles. The maximum atomic E-state index is 5.42. The van der Waals surface area contributed by atoms with Crippen molar-refractivity contribution in [2.45, 2.75) is 0 Å². The Morgan fingerprint density at radius 1 is 0.321 bits per heavy atom. The maximum absolute atomic E-state index is 5.42. The van der Waals surface area contributed by atoms with Crippen molar-refractivity contribution in [1.29, 1.82) is 0 Å². The van der Waals surface area contributed by atoms with E-state index in [0.29, 0.717) is 0 Å². The highest BCUT2D eigenvalue weighted by molar-refractivity contribution is 6.10. The smallest absolute Gasteiger partial charge is 0.146 e. The first-order valence-electron chi connectivity index (χ1n) is 17.9. The van der Waals surface area contributed by atoms with Gasteiger partial charge in [0.1, 0.15) is 11.6 Å². The lowest BCUT2D eigenvalue weighted by molar-refractivity contribution is 1.03. The van der Waals surface area contributed by atoms with Crippen LogP contribution in [0.2, 0.25) is 0 Å². The van der Waals surface area contributed by atoms with E-state index in [1.807, 2.05) is 12.1 Å². The Balaban J connectivity index is 1.20. The van der Waals surface area contributed by atoms with E-state index in [9.17, 15) is 0 Å². The van der Waals surface area contributed by atoms with Gasteiger partial charge >= 0.3 is 0 Å². The summed E-state index contributed by atoms with van der Waals surface area (Å²) in [5, 5.41) is 4.92. The van der Waals surface area contributed by atoms with Crippen LogP contribution in [0.15, 0.2) is 188 Å². The van der Waals surface area contributed by atoms with Gasteiger partial charge in [0, 0.05) is 44.0 Å². The molecule has 4 aromatic heterocycles. The SMILES string of the molecule is c1ccc(-c2nc3ccccc3n2-c2cccc(-c3cc(-n4c5ccccc5c5ccccc54)cc(-n4c5ccccc5c5ccccc54)c3)n2)cc1. The molecule has 0 unspecified atom stereocenters. The summed E-state index contributed by atoms with van der Waals surface area (Å²) in [4.78, 5) is 10.5. The van der Waals surface area contributed by atoms with E-state index in [4.69, 9.17) is 9.97 Å². The average Bonchev–Trinajstić information content (AvgIpc) is 3.89. The number of hydrogen-bond donors (Lipinski definition) is 0. The second-order valence-corrected chi connectivity index (χ2v) is 13.5. The zero-order chi connectivity index (χ0) is 34.9. The molecular weight excluding hydrogens is 647 g/mol. The molecule has 248 valence electrons. The number of pyridine rings is 1. The topological polar surface area (TPSA) is 40.6 Å². The lowest BCUT2D eigenvalue weighted by Crippen LogP contribution is -2.03. The Morgan fingerprint density at radius 2 is 0.792 bits per heavy atom. The fourth-order valence-electron chi connectivity index (χ4n) is 8.15. The number of imidazole rings is 1. The monoisotopic (exact) mass is 677 g/mol. The van der Waals surface area contributed by atoms with Gasteiger partial charge in [0.05, 0.1) is 38.8 Å². The van der Waals surface area contributed by atoms with E-state index < -0.39 is 0 Å². The molecule has 0 aliphatic heterocycles. The Morgan fingerprint density at radius 3 is 1.34 bits per heavy atom. The van der Waals surface area contributed by atoms with Gasteiger partial charge in [-0.2, -0.15) is 0 Å². The molecule has 53 heavy (non-hydrogen) atoms. The Kier molecular flexibility index (Phi) is 6.48. The summed E-state index contributed by atoms with van der Waals surface area (Å²) in [5.41, 5.74) is 11.7. The molecule has 0 fully saturated rings.